The third kappa shape index (κ3) is 1.36. The summed E-state index contributed by atoms with van der Waals surface area (Å²) in [7, 11) is -1.44. The predicted molar refractivity (Wildman–Crippen MR) is 36.3 cm³/mol. The van der Waals surface area contributed by atoms with E-state index in [0.29, 0.717) is 0 Å². The molecule has 0 aliphatic rings. The van der Waals surface area contributed by atoms with Crippen LogP contribution < -0.4 is 0 Å². The van der Waals surface area contributed by atoms with E-state index in [1.54, 1.807) is 13.2 Å². The smallest absolute Gasteiger partial charge is 0.194 e. The van der Waals surface area contributed by atoms with Gasteiger partial charge in [0.1, 0.15) is 0 Å². The Hall–Kier alpha value is -0.840. The maximum Gasteiger partial charge on any atom is 0.194 e. The fraction of sp³-hybridized carbons (Fsp3) is 0.400. The van der Waals surface area contributed by atoms with Crippen LogP contribution in [0.5, 0.6) is 0 Å². The molecule has 0 unspecified atom stereocenters. The first kappa shape index (κ1) is 7.27. The summed E-state index contributed by atoms with van der Waals surface area (Å²) in [4.78, 5) is 0. The van der Waals surface area contributed by atoms with Crippen molar-refractivity contribution in [1.29, 1.82) is 0 Å². The van der Waals surface area contributed by atoms with E-state index >= 15 is 0 Å². The summed E-state index contributed by atoms with van der Waals surface area (Å²) < 4.78 is 23.0. The van der Waals surface area contributed by atoms with Gasteiger partial charge in [0.05, 0.1) is 0 Å². The molecule has 10 heavy (non-hydrogen) atoms. The maximum absolute atomic E-state index is 10.8. The number of sulfone groups is 1. The molecule has 0 N–H and O–H groups in total. The van der Waals surface area contributed by atoms with Crippen molar-refractivity contribution in [2.75, 3.05) is 6.26 Å². The van der Waals surface area contributed by atoms with E-state index < -0.39 is 9.84 Å². The lowest BCUT2D eigenvalue weighted by Gasteiger charge is -1.87. The van der Waals surface area contributed by atoms with E-state index in [0.717, 1.165) is 6.26 Å². The second-order valence-corrected chi connectivity index (χ2v) is 4.06. The van der Waals surface area contributed by atoms with Crippen molar-refractivity contribution in [2.45, 2.75) is 5.03 Å². The molecule has 0 saturated heterocycles. The van der Waals surface area contributed by atoms with E-state index in [-0.39, 0.29) is 5.03 Å². The zero-order valence-corrected chi connectivity index (χ0v) is 6.59. The van der Waals surface area contributed by atoms with Crippen LogP contribution in [0.1, 0.15) is 0 Å². The minimum absolute atomic E-state index is 0.120. The second-order valence-electron chi connectivity index (χ2n) is 2.10. The average molecular weight is 160 g/mol. The minimum Gasteiger partial charge on any atom is -0.275 e. The first-order valence-electron chi connectivity index (χ1n) is 2.70. The van der Waals surface area contributed by atoms with Crippen molar-refractivity contribution in [3.63, 3.8) is 0 Å². The molecule has 1 heterocycles. The highest BCUT2D eigenvalue weighted by Crippen LogP contribution is 2.01. The summed E-state index contributed by atoms with van der Waals surface area (Å²) in [5.41, 5.74) is 0. The molecule has 0 radical (unpaired) electrons. The molecule has 0 spiro atoms. The minimum atomic E-state index is -3.11. The number of rotatable bonds is 1. The zero-order valence-electron chi connectivity index (χ0n) is 5.77. The van der Waals surface area contributed by atoms with Crippen LogP contribution in [0.3, 0.4) is 0 Å². The van der Waals surface area contributed by atoms with Gasteiger partial charge in [0.2, 0.25) is 0 Å². The van der Waals surface area contributed by atoms with Crippen LogP contribution in [-0.4, -0.2) is 24.5 Å². The standard InChI is InChI=1S/C5H8N2O2S/c1-7-4-3-5(6-7)10(2,8)9/h3-4H,1-2H3. The van der Waals surface area contributed by atoms with E-state index in [1.807, 2.05) is 0 Å². The predicted octanol–water partition coefficient (Wildman–Crippen LogP) is -0.176. The van der Waals surface area contributed by atoms with Gasteiger partial charge < -0.3 is 0 Å². The van der Waals surface area contributed by atoms with Gasteiger partial charge in [-0.15, -0.1) is 0 Å². The fourth-order valence-electron chi connectivity index (χ4n) is 0.592. The van der Waals surface area contributed by atoms with Gasteiger partial charge in [-0.1, -0.05) is 0 Å². The van der Waals surface area contributed by atoms with Gasteiger partial charge in [0.25, 0.3) is 0 Å². The maximum atomic E-state index is 10.8. The highest BCUT2D eigenvalue weighted by molar-refractivity contribution is 7.90. The van der Waals surface area contributed by atoms with E-state index in [4.69, 9.17) is 0 Å². The molecular formula is C5H8N2O2S. The normalized spacial score (nSPS) is 11.8. The summed E-state index contributed by atoms with van der Waals surface area (Å²) in [5, 5.41) is 3.83. The third-order valence-corrected chi connectivity index (χ3v) is 2.05. The van der Waals surface area contributed by atoms with Gasteiger partial charge in [-0.25, -0.2) is 8.42 Å². The Balaban J connectivity index is 3.21. The van der Waals surface area contributed by atoms with Crippen molar-refractivity contribution < 1.29 is 8.42 Å². The Morgan fingerprint density at radius 1 is 1.60 bits per heavy atom. The summed E-state index contributed by atoms with van der Waals surface area (Å²) in [6.07, 6.45) is 2.73. The van der Waals surface area contributed by atoms with Crippen molar-refractivity contribution >= 4 is 9.84 Å². The lowest BCUT2D eigenvalue weighted by Crippen LogP contribution is -1.99. The summed E-state index contributed by atoms with van der Waals surface area (Å²) in [6.45, 7) is 0. The van der Waals surface area contributed by atoms with Crippen LogP contribution in [0, 0.1) is 0 Å². The van der Waals surface area contributed by atoms with E-state index in [9.17, 15) is 8.42 Å². The molecule has 56 valence electrons. The third-order valence-electron chi connectivity index (χ3n) is 1.07. The average Bonchev–Trinajstić information content (AvgIpc) is 2.11. The van der Waals surface area contributed by atoms with Crippen LogP contribution >= 0.6 is 0 Å². The Bertz CT molecular complexity index is 325. The first-order valence-corrected chi connectivity index (χ1v) is 4.59. The molecule has 1 rings (SSSR count). The molecule has 0 saturated carbocycles. The van der Waals surface area contributed by atoms with E-state index in [2.05, 4.69) is 5.10 Å². The largest absolute Gasteiger partial charge is 0.275 e. The highest BCUT2D eigenvalue weighted by atomic mass is 32.2. The number of hydrogen-bond donors (Lipinski definition) is 0. The van der Waals surface area contributed by atoms with Crippen LogP contribution in [0.25, 0.3) is 0 Å². The second kappa shape index (κ2) is 2.09. The Morgan fingerprint density at radius 2 is 2.20 bits per heavy atom. The van der Waals surface area contributed by atoms with Crippen LogP contribution in [0.4, 0.5) is 0 Å². The Morgan fingerprint density at radius 3 is 2.40 bits per heavy atom. The molecule has 0 fully saturated rings. The molecule has 1 aromatic rings. The molecule has 0 bridgehead atoms. The number of aryl methyl sites for hydroxylation is 1. The van der Waals surface area contributed by atoms with E-state index in [1.165, 1.54) is 10.7 Å². The van der Waals surface area contributed by atoms with Gasteiger partial charge in [0.15, 0.2) is 14.9 Å². The Kier molecular flexibility index (Phi) is 1.52. The SMILES string of the molecule is Cn1ccc(S(C)(=O)=O)n1. The van der Waals surface area contributed by atoms with Gasteiger partial charge >= 0.3 is 0 Å². The molecule has 0 aliphatic carbocycles. The molecule has 0 atom stereocenters. The topological polar surface area (TPSA) is 52.0 Å². The quantitative estimate of drug-likeness (QED) is 0.572. The molecule has 4 nitrogen and oxygen atoms in total. The molecule has 0 amide bonds. The number of aromatic nitrogens is 2. The zero-order chi connectivity index (χ0) is 7.78. The van der Waals surface area contributed by atoms with Gasteiger partial charge in [-0.2, -0.15) is 5.10 Å². The van der Waals surface area contributed by atoms with Gasteiger partial charge in [0, 0.05) is 19.5 Å². The molecule has 1 aromatic heterocycles. The van der Waals surface area contributed by atoms with Gasteiger partial charge in [-0.3, -0.25) is 4.68 Å². The van der Waals surface area contributed by atoms with Crippen molar-refractivity contribution in [1.82, 2.24) is 9.78 Å². The fourth-order valence-corrected chi connectivity index (χ4v) is 1.18. The van der Waals surface area contributed by atoms with Crippen LogP contribution in [-0.2, 0) is 16.9 Å². The molecular weight excluding hydrogens is 152 g/mol. The number of nitrogens with zero attached hydrogens (tertiary/aromatic N) is 2. The molecule has 5 heteroatoms. The van der Waals surface area contributed by atoms with Crippen molar-refractivity contribution in [3.8, 4) is 0 Å². The highest BCUT2D eigenvalue weighted by Gasteiger charge is 2.08. The van der Waals surface area contributed by atoms with Crippen molar-refractivity contribution in [2.24, 2.45) is 7.05 Å². The molecule has 0 aliphatic heterocycles. The van der Waals surface area contributed by atoms with Gasteiger partial charge in [-0.05, 0) is 6.07 Å². The lowest BCUT2D eigenvalue weighted by molar-refractivity contribution is 0.594. The van der Waals surface area contributed by atoms with Crippen LogP contribution in [0.2, 0.25) is 0 Å². The molecule has 0 aromatic carbocycles. The summed E-state index contributed by atoms with van der Waals surface area (Å²) in [5.74, 6) is 0. The first-order chi connectivity index (χ1) is 4.50. The lowest BCUT2D eigenvalue weighted by atomic mass is 10.7. The Labute approximate surface area is 59.4 Å². The number of hydrogen-bond acceptors (Lipinski definition) is 3. The summed E-state index contributed by atoms with van der Waals surface area (Å²) >= 11 is 0. The van der Waals surface area contributed by atoms with Crippen molar-refractivity contribution in [3.05, 3.63) is 12.3 Å². The summed E-state index contributed by atoms with van der Waals surface area (Å²) in [6, 6.07) is 1.47. The van der Waals surface area contributed by atoms with Crippen LogP contribution in [0.15, 0.2) is 17.3 Å². The monoisotopic (exact) mass is 160 g/mol.